The molecule has 1 aromatic carbocycles. The van der Waals surface area contributed by atoms with Crippen LogP contribution < -0.4 is 4.74 Å². The van der Waals surface area contributed by atoms with E-state index in [0.717, 1.165) is 17.8 Å². The Balaban J connectivity index is 2.38. The predicted octanol–water partition coefficient (Wildman–Crippen LogP) is 5.02. The summed E-state index contributed by atoms with van der Waals surface area (Å²) in [5.41, 5.74) is 3.79. The Labute approximate surface area is 127 Å². The molecule has 1 atom stereocenters. The topological polar surface area (TPSA) is 22.1 Å². The molecule has 0 saturated heterocycles. The van der Waals surface area contributed by atoms with E-state index in [0.29, 0.717) is 0 Å². The van der Waals surface area contributed by atoms with Gasteiger partial charge in [-0.3, -0.25) is 0 Å². The van der Waals surface area contributed by atoms with Crippen molar-refractivity contribution in [3.63, 3.8) is 0 Å². The van der Waals surface area contributed by atoms with Crippen LogP contribution in [-0.2, 0) is 5.41 Å². The molecule has 1 aliphatic rings. The Hall–Kier alpha value is -1.57. The molecule has 1 aromatic heterocycles. The lowest BCUT2D eigenvalue weighted by Crippen LogP contribution is -2.37. The molecule has 0 fully saturated rings. The first-order valence-electron chi connectivity index (χ1n) is 7.80. The maximum absolute atomic E-state index is 6.21. The zero-order chi connectivity index (χ0) is 15.4. The molecule has 0 N–H and O–H groups in total. The lowest BCUT2D eigenvalue weighted by atomic mass is 9.61. The summed E-state index contributed by atoms with van der Waals surface area (Å²) in [5.74, 6) is 0.828. The SMILES string of the molecule is Cc1c2c(nc3ccccc13)OC(C)CC(C)(C)C2(C)C. The van der Waals surface area contributed by atoms with Crippen LogP contribution >= 0.6 is 0 Å². The fraction of sp³-hybridized carbons (Fsp3) is 0.526. The van der Waals surface area contributed by atoms with Gasteiger partial charge >= 0.3 is 0 Å². The van der Waals surface area contributed by atoms with E-state index in [2.05, 4.69) is 59.7 Å². The summed E-state index contributed by atoms with van der Waals surface area (Å²) in [5, 5.41) is 1.23. The van der Waals surface area contributed by atoms with Gasteiger partial charge in [-0.15, -0.1) is 0 Å². The van der Waals surface area contributed by atoms with Crippen molar-refractivity contribution in [3.8, 4) is 5.88 Å². The van der Waals surface area contributed by atoms with Crippen molar-refractivity contribution in [2.45, 2.75) is 59.5 Å². The minimum absolute atomic E-state index is 0.0220. The van der Waals surface area contributed by atoms with E-state index in [1.54, 1.807) is 0 Å². The van der Waals surface area contributed by atoms with Crippen molar-refractivity contribution >= 4 is 10.9 Å². The molecule has 0 bridgehead atoms. The molecule has 0 aliphatic carbocycles. The van der Waals surface area contributed by atoms with Crippen molar-refractivity contribution in [1.29, 1.82) is 0 Å². The summed E-state index contributed by atoms with van der Waals surface area (Å²) in [7, 11) is 0. The van der Waals surface area contributed by atoms with Gasteiger partial charge in [-0.25, -0.2) is 4.98 Å². The van der Waals surface area contributed by atoms with Gasteiger partial charge in [-0.05, 0) is 37.3 Å². The van der Waals surface area contributed by atoms with Crippen molar-refractivity contribution in [2.24, 2.45) is 5.41 Å². The number of rotatable bonds is 0. The number of hydrogen-bond acceptors (Lipinski definition) is 2. The minimum atomic E-state index is 0.0220. The molecule has 0 radical (unpaired) electrons. The zero-order valence-electron chi connectivity index (χ0n) is 13.9. The van der Waals surface area contributed by atoms with Crippen LogP contribution in [0.4, 0.5) is 0 Å². The highest BCUT2D eigenvalue weighted by Gasteiger charge is 2.45. The first kappa shape index (κ1) is 14.4. The highest BCUT2D eigenvalue weighted by Crippen LogP contribution is 2.51. The third kappa shape index (κ3) is 2.04. The molecule has 3 rings (SSSR count). The van der Waals surface area contributed by atoms with Gasteiger partial charge in [0.05, 0.1) is 11.6 Å². The zero-order valence-corrected chi connectivity index (χ0v) is 13.9. The first-order valence-corrected chi connectivity index (χ1v) is 7.80. The number of benzene rings is 1. The number of pyridine rings is 1. The van der Waals surface area contributed by atoms with Crippen LogP contribution in [0.15, 0.2) is 24.3 Å². The third-order valence-corrected chi connectivity index (χ3v) is 5.55. The fourth-order valence-electron chi connectivity index (χ4n) is 3.71. The van der Waals surface area contributed by atoms with Gasteiger partial charge in [-0.1, -0.05) is 45.9 Å². The molecule has 2 aromatic rings. The standard InChI is InChI=1S/C19H25NO/c1-12-11-18(3,4)19(5,6)16-13(2)14-9-7-8-10-15(14)20-17(16)21-12/h7-10,12H,11H2,1-6H3. The van der Waals surface area contributed by atoms with Crippen LogP contribution in [0.2, 0.25) is 0 Å². The van der Waals surface area contributed by atoms with Gasteiger partial charge < -0.3 is 4.74 Å². The second-order valence-corrected chi connectivity index (χ2v) is 7.58. The molecule has 1 unspecified atom stereocenters. The maximum Gasteiger partial charge on any atom is 0.218 e. The molecule has 0 saturated carbocycles. The molecule has 21 heavy (non-hydrogen) atoms. The lowest BCUT2D eigenvalue weighted by Gasteiger charge is -2.41. The average Bonchev–Trinajstić information content (AvgIpc) is 2.43. The van der Waals surface area contributed by atoms with E-state index in [1.165, 1.54) is 16.5 Å². The maximum atomic E-state index is 6.21. The number of para-hydroxylation sites is 1. The molecular weight excluding hydrogens is 258 g/mol. The highest BCUT2D eigenvalue weighted by atomic mass is 16.5. The van der Waals surface area contributed by atoms with E-state index in [9.17, 15) is 0 Å². The minimum Gasteiger partial charge on any atom is -0.474 e. The molecule has 2 heterocycles. The Morgan fingerprint density at radius 2 is 1.81 bits per heavy atom. The number of aromatic nitrogens is 1. The van der Waals surface area contributed by atoms with Crippen LogP contribution in [0.25, 0.3) is 10.9 Å². The van der Waals surface area contributed by atoms with Crippen LogP contribution in [-0.4, -0.2) is 11.1 Å². The Kier molecular flexibility index (Phi) is 3.05. The normalized spacial score (nSPS) is 23.2. The molecule has 0 amide bonds. The van der Waals surface area contributed by atoms with Gasteiger partial charge in [0.1, 0.15) is 0 Å². The summed E-state index contributed by atoms with van der Waals surface area (Å²) < 4.78 is 6.21. The lowest BCUT2D eigenvalue weighted by molar-refractivity contribution is 0.122. The monoisotopic (exact) mass is 283 g/mol. The molecule has 2 nitrogen and oxygen atoms in total. The van der Waals surface area contributed by atoms with Crippen LogP contribution in [0.5, 0.6) is 5.88 Å². The largest absolute Gasteiger partial charge is 0.474 e. The molecular formula is C19H25NO. The molecule has 112 valence electrons. The Morgan fingerprint density at radius 3 is 2.52 bits per heavy atom. The van der Waals surface area contributed by atoms with Gasteiger partial charge in [0, 0.05) is 16.4 Å². The average molecular weight is 283 g/mol. The van der Waals surface area contributed by atoms with Crippen molar-refractivity contribution in [1.82, 2.24) is 4.98 Å². The summed E-state index contributed by atoms with van der Waals surface area (Å²) in [6.45, 7) is 13.7. The number of nitrogens with zero attached hydrogens (tertiary/aromatic N) is 1. The molecule has 1 aliphatic heterocycles. The van der Waals surface area contributed by atoms with Crippen molar-refractivity contribution in [3.05, 3.63) is 35.4 Å². The summed E-state index contributed by atoms with van der Waals surface area (Å²) in [6, 6.07) is 8.35. The van der Waals surface area contributed by atoms with Crippen molar-refractivity contribution < 1.29 is 4.74 Å². The van der Waals surface area contributed by atoms with Crippen LogP contribution in [0.3, 0.4) is 0 Å². The van der Waals surface area contributed by atoms with E-state index < -0.39 is 0 Å². The van der Waals surface area contributed by atoms with Gasteiger partial charge in [0.2, 0.25) is 5.88 Å². The number of hydrogen-bond donors (Lipinski definition) is 0. The van der Waals surface area contributed by atoms with Crippen LogP contribution in [0.1, 0.15) is 52.2 Å². The third-order valence-electron chi connectivity index (χ3n) is 5.55. The molecule has 0 spiro atoms. The van der Waals surface area contributed by atoms with Crippen LogP contribution in [0, 0.1) is 12.3 Å². The fourth-order valence-corrected chi connectivity index (χ4v) is 3.71. The van der Waals surface area contributed by atoms with E-state index in [4.69, 9.17) is 9.72 Å². The number of ether oxygens (including phenoxy) is 1. The van der Waals surface area contributed by atoms with E-state index >= 15 is 0 Å². The summed E-state index contributed by atoms with van der Waals surface area (Å²) in [4.78, 5) is 4.83. The Bertz CT molecular complexity index is 700. The second kappa shape index (κ2) is 4.46. The van der Waals surface area contributed by atoms with Crippen molar-refractivity contribution in [2.75, 3.05) is 0 Å². The number of aryl methyl sites for hydroxylation is 1. The second-order valence-electron chi connectivity index (χ2n) is 7.58. The quantitative estimate of drug-likeness (QED) is 0.677. The predicted molar refractivity (Wildman–Crippen MR) is 88.0 cm³/mol. The number of fused-ring (bicyclic) bond motifs is 2. The Morgan fingerprint density at radius 1 is 1.14 bits per heavy atom. The van der Waals surface area contributed by atoms with E-state index in [1.807, 2.05) is 6.07 Å². The highest BCUT2D eigenvalue weighted by molar-refractivity contribution is 5.84. The van der Waals surface area contributed by atoms with Gasteiger partial charge in [0.15, 0.2) is 0 Å². The molecule has 2 heteroatoms. The van der Waals surface area contributed by atoms with Gasteiger partial charge in [0.25, 0.3) is 0 Å². The van der Waals surface area contributed by atoms with Gasteiger partial charge in [-0.2, -0.15) is 0 Å². The first-order chi connectivity index (χ1) is 9.74. The summed E-state index contributed by atoms with van der Waals surface area (Å²) in [6.07, 6.45) is 1.22. The summed E-state index contributed by atoms with van der Waals surface area (Å²) >= 11 is 0. The smallest absolute Gasteiger partial charge is 0.218 e. The van der Waals surface area contributed by atoms with E-state index in [-0.39, 0.29) is 16.9 Å².